The molecule has 0 saturated carbocycles. The zero-order valence-electron chi connectivity index (χ0n) is 17.0. The predicted molar refractivity (Wildman–Crippen MR) is 113 cm³/mol. The van der Waals surface area contributed by atoms with Gasteiger partial charge in [-0.3, -0.25) is 4.99 Å². The van der Waals surface area contributed by atoms with Gasteiger partial charge in [0.05, 0.1) is 13.2 Å². The molecule has 0 saturated heterocycles. The van der Waals surface area contributed by atoms with E-state index < -0.39 is 0 Å². The quantitative estimate of drug-likeness (QED) is 0.353. The van der Waals surface area contributed by atoms with Crippen molar-refractivity contribution >= 4 is 5.96 Å². The van der Waals surface area contributed by atoms with Crippen LogP contribution in [0.5, 0.6) is 11.5 Å². The van der Waals surface area contributed by atoms with Gasteiger partial charge < -0.3 is 24.8 Å². The number of rotatable bonds is 11. The number of nitrogens with zero attached hydrogens (tertiary/aromatic N) is 1. The van der Waals surface area contributed by atoms with Crippen molar-refractivity contribution < 1.29 is 14.2 Å². The van der Waals surface area contributed by atoms with Crippen LogP contribution in [0.1, 0.15) is 17.5 Å². The first-order valence-electron chi connectivity index (χ1n) is 9.56. The van der Waals surface area contributed by atoms with Crippen molar-refractivity contribution in [1.29, 1.82) is 0 Å². The van der Waals surface area contributed by atoms with E-state index in [0.717, 1.165) is 29.4 Å². The van der Waals surface area contributed by atoms with E-state index in [1.807, 2.05) is 30.3 Å². The van der Waals surface area contributed by atoms with Crippen molar-refractivity contribution in [3.05, 3.63) is 59.7 Å². The third-order valence-electron chi connectivity index (χ3n) is 4.05. The highest BCUT2D eigenvalue weighted by Crippen LogP contribution is 2.20. The van der Waals surface area contributed by atoms with Crippen LogP contribution in [-0.2, 0) is 11.3 Å². The van der Waals surface area contributed by atoms with E-state index in [2.05, 4.69) is 40.7 Å². The molecule has 0 aliphatic carbocycles. The maximum Gasteiger partial charge on any atom is 0.191 e. The zero-order chi connectivity index (χ0) is 20.0. The Morgan fingerprint density at radius 1 is 0.964 bits per heavy atom. The fourth-order valence-corrected chi connectivity index (χ4v) is 2.58. The molecule has 152 valence electrons. The van der Waals surface area contributed by atoms with Gasteiger partial charge in [0.2, 0.25) is 0 Å². The molecule has 0 fully saturated rings. The van der Waals surface area contributed by atoms with Gasteiger partial charge in [-0.1, -0.05) is 30.3 Å². The second-order valence-electron chi connectivity index (χ2n) is 6.32. The van der Waals surface area contributed by atoms with Gasteiger partial charge in [-0.05, 0) is 30.7 Å². The molecule has 28 heavy (non-hydrogen) atoms. The first-order valence-corrected chi connectivity index (χ1v) is 9.56. The number of guanidine groups is 1. The van der Waals surface area contributed by atoms with E-state index >= 15 is 0 Å². The minimum absolute atomic E-state index is 0.559. The van der Waals surface area contributed by atoms with Crippen LogP contribution < -0.4 is 20.1 Å². The Morgan fingerprint density at radius 3 is 2.54 bits per heavy atom. The van der Waals surface area contributed by atoms with Gasteiger partial charge in [0.25, 0.3) is 0 Å². The molecule has 2 aromatic carbocycles. The monoisotopic (exact) mass is 385 g/mol. The average Bonchev–Trinajstić information content (AvgIpc) is 2.72. The number of hydrogen-bond acceptors (Lipinski definition) is 4. The van der Waals surface area contributed by atoms with Crippen LogP contribution in [-0.4, -0.2) is 46.5 Å². The van der Waals surface area contributed by atoms with Crippen molar-refractivity contribution in [2.24, 2.45) is 4.99 Å². The summed E-state index contributed by atoms with van der Waals surface area (Å²) >= 11 is 0. The highest BCUT2D eigenvalue weighted by atomic mass is 16.5. The molecule has 0 unspecified atom stereocenters. The van der Waals surface area contributed by atoms with Crippen LogP contribution in [0.3, 0.4) is 0 Å². The van der Waals surface area contributed by atoms with E-state index in [1.54, 1.807) is 14.2 Å². The van der Waals surface area contributed by atoms with Crippen LogP contribution in [0.2, 0.25) is 0 Å². The number of methoxy groups -OCH3 is 1. The molecule has 0 spiro atoms. The van der Waals surface area contributed by atoms with Gasteiger partial charge >= 0.3 is 0 Å². The van der Waals surface area contributed by atoms with Crippen LogP contribution in [0.25, 0.3) is 0 Å². The number of nitrogens with one attached hydrogen (secondary N) is 2. The molecule has 0 amide bonds. The Bertz CT molecular complexity index is 720. The highest BCUT2D eigenvalue weighted by molar-refractivity contribution is 5.79. The Balaban J connectivity index is 1.78. The number of benzene rings is 2. The maximum absolute atomic E-state index is 5.93. The molecule has 6 heteroatoms. The number of hydrogen-bond donors (Lipinski definition) is 2. The molecular weight excluding hydrogens is 354 g/mol. The normalized spacial score (nSPS) is 11.2. The van der Waals surface area contributed by atoms with Crippen molar-refractivity contribution in [3.8, 4) is 11.5 Å². The summed E-state index contributed by atoms with van der Waals surface area (Å²) in [5, 5.41) is 6.58. The SMILES string of the molecule is CN=C(NCCOc1ccccc1)NCc1ccc(C)cc1OCCCOC. The molecule has 2 aromatic rings. The van der Waals surface area contributed by atoms with Crippen LogP contribution in [0.15, 0.2) is 53.5 Å². The minimum atomic E-state index is 0.559. The lowest BCUT2D eigenvalue weighted by atomic mass is 10.1. The fraction of sp³-hybridized carbons (Fsp3) is 0.409. The first-order chi connectivity index (χ1) is 13.7. The summed E-state index contributed by atoms with van der Waals surface area (Å²) in [4.78, 5) is 4.26. The summed E-state index contributed by atoms with van der Waals surface area (Å²) in [5.41, 5.74) is 2.26. The summed E-state index contributed by atoms with van der Waals surface area (Å²) in [6, 6.07) is 16.0. The zero-order valence-corrected chi connectivity index (χ0v) is 17.0. The topological polar surface area (TPSA) is 64.1 Å². The largest absolute Gasteiger partial charge is 0.493 e. The van der Waals surface area contributed by atoms with E-state index in [9.17, 15) is 0 Å². The summed E-state index contributed by atoms with van der Waals surface area (Å²) in [5.74, 6) is 2.48. The first kappa shape index (κ1) is 21.6. The Morgan fingerprint density at radius 2 is 1.79 bits per heavy atom. The molecular formula is C22H31N3O3. The number of aryl methyl sites for hydroxylation is 1. The fourth-order valence-electron chi connectivity index (χ4n) is 2.58. The molecule has 6 nitrogen and oxygen atoms in total. The lowest BCUT2D eigenvalue weighted by Gasteiger charge is -2.15. The summed E-state index contributed by atoms with van der Waals surface area (Å²) in [6.07, 6.45) is 0.863. The third-order valence-corrected chi connectivity index (χ3v) is 4.05. The molecule has 2 rings (SSSR count). The van der Waals surface area contributed by atoms with Gasteiger partial charge in [-0.2, -0.15) is 0 Å². The Kier molecular flexibility index (Phi) is 9.72. The summed E-state index contributed by atoms with van der Waals surface area (Å²) in [7, 11) is 3.45. The Labute approximate surface area is 167 Å². The summed E-state index contributed by atoms with van der Waals surface area (Å²) in [6.45, 7) is 5.23. The summed E-state index contributed by atoms with van der Waals surface area (Å²) < 4.78 is 16.7. The molecule has 0 atom stereocenters. The van der Waals surface area contributed by atoms with Crippen LogP contribution >= 0.6 is 0 Å². The van der Waals surface area contributed by atoms with E-state index in [1.165, 1.54) is 5.56 Å². The van der Waals surface area contributed by atoms with Crippen molar-refractivity contribution in [2.75, 3.05) is 40.5 Å². The maximum atomic E-state index is 5.93. The minimum Gasteiger partial charge on any atom is -0.493 e. The highest BCUT2D eigenvalue weighted by Gasteiger charge is 2.06. The number of ether oxygens (including phenoxy) is 3. The molecule has 0 radical (unpaired) electrons. The van der Waals surface area contributed by atoms with E-state index in [0.29, 0.717) is 32.9 Å². The lowest BCUT2D eigenvalue weighted by Crippen LogP contribution is -2.38. The second kappa shape index (κ2) is 12.6. The molecule has 0 bridgehead atoms. The van der Waals surface area contributed by atoms with Gasteiger partial charge in [-0.25, -0.2) is 0 Å². The van der Waals surface area contributed by atoms with Gasteiger partial charge in [0, 0.05) is 39.3 Å². The smallest absolute Gasteiger partial charge is 0.191 e. The van der Waals surface area contributed by atoms with E-state index in [4.69, 9.17) is 14.2 Å². The Hall–Kier alpha value is -2.73. The van der Waals surface area contributed by atoms with Crippen LogP contribution in [0.4, 0.5) is 0 Å². The molecule has 0 aromatic heterocycles. The van der Waals surface area contributed by atoms with Crippen molar-refractivity contribution in [1.82, 2.24) is 10.6 Å². The number of aliphatic imine (C=N–C) groups is 1. The van der Waals surface area contributed by atoms with Crippen LogP contribution in [0, 0.1) is 6.92 Å². The lowest BCUT2D eigenvalue weighted by molar-refractivity contribution is 0.171. The third kappa shape index (κ3) is 7.88. The predicted octanol–water partition coefficient (Wildman–Crippen LogP) is 3.15. The van der Waals surface area contributed by atoms with Crippen molar-refractivity contribution in [3.63, 3.8) is 0 Å². The van der Waals surface area contributed by atoms with Gasteiger partial charge in [0.15, 0.2) is 5.96 Å². The molecule has 0 heterocycles. The molecule has 0 aliphatic heterocycles. The van der Waals surface area contributed by atoms with Crippen molar-refractivity contribution in [2.45, 2.75) is 19.9 Å². The second-order valence-corrected chi connectivity index (χ2v) is 6.32. The average molecular weight is 386 g/mol. The molecule has 0 aliphatic rings. The standard InChI is InChI=1S/C22H31N3O3/c1-18-10-11-19(21(16-18)28-14-7-13-26-3)17-25-22(23-2)24-12-15-27-20-8-5-4-6-9-20/h4-6,8-11,16H,7,12-15,17H2,1-3H3,(H2,23,24,25). The number of para-hydroxylation sites is 1. The van der Waals surface area contributed by atoms with Gasteiger partial charge in [0.1, 0.15) is 18.1 Å². The molecule has 2 N–H and O–H groups in total. The van der Waals surface area contributed by atoms with E-state index in [-0.39, 0.29) is 0 Å². The van der Waals surface area contributed by atoms with Gasteiger partial charge in [-0.15, -0.1) is 0 Å².